The lowest BCUT2D eigenvalue weighted by Crippen LogP contribution is -2.44. The van der Waals surface area contributed by atoms with Crippen molar-refractivity contribution < 1.29 is 14.1 Å². The van der Waals surface area contributed by atoms with Crippen molar-refractivity contribution in [3.8, 4) is 10.7 Å². The number of carbonyl (C=O) groups excluding carboxylic acids is 2. The third kappa shape index (κ3) is 4.57. The number of thioether (sulfide) groups is 1. The summed E-state index contributed by atoms with van der Waals surface area (Å²) in [5.74, 6) is 1.81. The molecular weight excluding hydrogens is 420 g/mol. The van der Waals surface area contributed by atoms with Crippen molar-refractivity contribution in [3.63, 3.8) is 0 Å². The summed E-state index contributed by atoms with van der Waals surface area (Å²) >= 11 is 3.11. The number of anilines is 1. The quantitative estimate of drug-likeness (QED) is 0.623. The summed E-state index contributed by atoms with van der Waals surface area (Å²) in [5, 5.41) is 8.86. The van der Waals surface area contributed by atoms with E-state index in [1.165, 1.54) is 16.9 Å². The third-order valence-corrected chi connectivity index (χ3v) is 6.92. The number of hydrogen-bond acceptors (Lipinski definition) is 7. The highest BCUT2D eigenvalue weighted by atomic mass is 32.2. The number of carbonyl (C=O) groups is 2. The second kappa shape index (κ2) is 9.01. The molecule has 0 spiro atoms. The van der Waals surface area contributed by atoms with Gasteiger partial charge >= 0.3 is 0 Å². The molecule has 1 aliphatic rings. The van der Waals surface area contributed by atoms with Gasteiger partial charge in [0.15, 0.2) is 0 Å². The molecule has 1 fully saturated rings. The lowest BCUT2D eigenvalue weighted by atomic mass is 10.1. The standard InChI is InChI=1S/C21H22N4O3S2/c1-13-5-6-15(10-14(13)2)22-21(27)16-11-29-12-25(16)19(26)8-7-18-23-20(24-28-18)17-4-3-9-30-17/h3-6,9-10,16H,7-8,11-12H2,1-2H3,(H,22,27). The topological polar surface area (TPSA) is 88.3 Å². The van der Waals surface area contributed by atoms with Crippen LogP contribution in [0.4, 0.5) is 5.69 Å². The number of nitrogens with zero attached hydrogens (tertiary/aromatic N) is 3. The van der Waals surface area contributed by atoms with Crippen LogP contribution in [0.5, 0.6) is 0 Å². The Hall–Kier alpha value is -2.65. The number of hydrogen-bond donors (Lipinski definition) is 1. The molecule has 1 atom stereocenters. The zero-order valence-electron chi connectivity index (χ0n) is 16.8. The van der Waals surface area contributed by atoms with Crippen molar-refractivity contribution in [2.24, 2.45) is 0 Å². The van der Waals surface area contributed by atoms with Gasteiger partial charge in [0.2, 0.25) is 23.5 Å². The molecule has 1 unspecified atom stereocenters. The second-order valence-electron chi connectivity index (χ2n) is 7.16. The minimum Gasteiger partial charge on any atom is -0.339 e. The highest BCUT2D eigenvalue weighted by Gasteiger charge is 2.34. The Balaban J connectivity index is 1.35. The number of aromatic nitrogens is 2. The van der Waals surface area contributed by atoms with Crippen LogP contribution in [-0.2, 0) is 16.0 Å². The number of amides is 2. The summed E-state index contributed by atoms with van der Waals surface area (Å²) in [6, 6.07) is 9.18. The number of rotatable bonds is 6. The molecule has 2 amide bonds. The summed E-state index contributed by atoms with van der Waals surface area (Å²) in [6.07, 6.45) is 0.573. The molecule has 156 valence electrons. The molecule has 0 radical (unpaired) electrons. The Morgan fingerprint density at radius 3 is 2.90 bits per heavy atom. The molecule has 1 aliphatic heterocycles. The average Bonchev–Trinajstić information content (AvgIpc) is 3.49. The Morgan fingerprint density at radius 2 is 2.13 bits per heavy atom. The van der Waals surface area contributed by atoms with E-state index < -0.39 is 6.04 Å². The van der Waals surface area contributed by atoms with E-state index in [4.69, 9.17) is 4.52 Å². The van der Waals surface area contributed by atoms with Crippen molar-refractivity contribution in [1.29, 1.82) is 0 Å². The minimum atomic E-state index is -0.478. The van der Waals surface area contributed by atoms with Crippen LogP contribution in [0.1, 0.15) is 23.4 Å². The van der Waals surface area contributed by atoms with Gasteiger partial charge in [-0.3, -0.25) is 9.59 Å². The van der Waals surface area contributed by atoms with E-state index in [-0.39, 0.29) is 18.2 Å². The maximum absolute atomic E-state index is 12.8. The molecule has 3 aromatic rings. The van der Waals surface area contributed by atoms with Gasteiger partial charge in [0.25, 0.3) is 0 Å². The summed E-state index contributed by atoms with van der Waals surface area (Å²) in [7, 11) is 0. The van der Waals surface area contributed by atoms with Crippen LogP contribution in [0.15, 0.2) is 40.2 Å². The zero-order valence-corrected chi connectivity index (χ0v) is 18.4. The first-order valence-electron chi connectivity index (χ1n) is 9.63. The van der Waals surface area contributed by atoms with Gasteiger partial charge in [0.1, 0.15) is 6.04 Å². The Morgan fingerprint density at radius 1 is 1.27 bits per heavy atom. The third-order valence-electron chi connectivity index (χ3n) is 5.04. The first-order chi connectivity index (χ1) is 14.5. The molecule has 0 aliphatic carbocycles. The Labute approximate surface area is 182 Å². The molecule has 9 heteroatoms. The Kier molecular flexibility index (Phi) is 6.19. The number of aryl methyl sites for hydroxylation is 3. The van der Waals surface area contributed by atoms with Crippen LogP contribution in [-0.4, -0.2) is 44.5 Å². The summed E-state index contributed by atoms with van der Waals surface area (Å²) in [5.41, 5.74) is 3.03. The van der Waals surface area contributed by atoms with Gasteiger partial charge < -0.3 is 14.7 Å². The van der Waals surface area contributed by atoms with Crippen molar-refractivity contribution in [2.45, 2.75) is 32.7 Å². The largest absolute Gasteiger partial charge is 0.339 e. The van der Waals surface area contributed by atoms with Crippen LogP contribution < -0.4 is 5.32 Å². The SMILES string of the molecule is Cc1ccc(NC(=O)C2CSCN2C(=O)CCc2nc(-c3cccs3)no2)cc1C. The van der Waals surface area contributed by atoms with Crippen LogP contribution in [0.25, 0.3) is 10.7 Å². The Bertz CT molecular complexity index is 1050. The fraction of sp³-hybridized carbons (Fsp3) is 0.333. The molecule has 0 bridgehead atoms. The van der Waals surface area contributed by atoms with E-state index >= 15 is 0 Å². The predicted octanol–water partition coefficient (Wildman–Crippen LogP) is 3.89. The van der Waals surface area contributed by atoms with Crippen LogP contribution >= 0.6 is 23.1 Å². The predicted molar refractivity (Wildman–Crippen MR) is 118 cm³/mol. The molecule has 4 rings (SSSR count). The van der Waals surface area contributed by atoms with Gasteiger partial charge in [0, 0.05) is 24.3 Å². The lowest BCUT2D eigenvalue weighted by Gasteiger charge is -2.23. The molecule has 1 saturated heterocycles. The molecule has 30 heavy (non-hydrogen) atoms. The first-order valence-corrected chi connectivity index (χ1v) is 11.7. The van der Waals surface area contributed by atoms with Crippen molar-refractivity contribution in [3.05, 3.63) is 52.7 Å². The summed E-state index contributed by atoms with van der Waals surface area (Å²) in [4.78, 5) is 32.5. The van der Waals surface area contributed by atoms with E-state index in [1.807, 2.05) is 49.6 Å². The maximum Gasteiger partial charge on any atom is 0.248 e. The van der Waals surface area contributed by atoms with Crippen LogP contribution in [0.2, 0.25) is 0 Å². The molecule has 0 saturated carbocycles. The normalized spacial score (nSPS) is 16.1. The molecule has 1 N–H and O–H groups in total. The fourth-order valence-corrected chi connectivity index (χ4v) is 5.00. The van der Waals surface area contributed by atoms with Crippen LogP contribution in [0, 0.1) is 13.8 Å². The van der Waals surface area contributed by atoms with Gasteiger partial charge in [-0.15, -0.1) is 23.1 Å². The van der Waals surface area contributed by atoms with E-state index in [9.17, 15) is 9.59 Å². The van der Waals surface area contributed by atoms with E-state index in [0.29, 0.717) is 29.8 Å². The minimum absolute atomic E-state index is 0.0869. The first kappa shape index (κ1) is 20.6. The molecule has 2 aromatic heterocycles. The van der Waals surface area contributed by atoms with Gasteiger partial charge in [-0.25, -0.2) is 0 Å². The van der Waals surface area contributed by atoms with E-state index in [2.05, 4.69) is 15.5 Å². The highest BCUT2D eigenvalue weighted by Crippen LogP contribution is 2.25. The van der Waals surface area contributed by atoms with Gasteiger partial charge in [-0.2, -0.15) is 4.98 Å². The molecular formula is C21H22N4O3S2. The van der Waals surface area contributed by atoms with Gasteiger partial charge in [-0.05, 0) is 48.6 Å². The summed E-state index contributed by atoms with van der Waals surface area (Å²) < 4.78 is 5.27. The second-order valence-corrected chi connectivity index (χ2v) is 9.10. The zero-order chi connectivity index (χ0) is 21.1. The van der Waals surface area contributed by atoms with Gasteiger partial charge in [-0.1, -0.05) is 17.3 Å². The average molecular weight is 443 g/mol. The number of thiophene rings is 1. The van der Waals surface area contributed by atoms with Crippen LogP contribution in [0.3, 0.4) is 0 Å². The highest BCUT2D eigenvalue weighted by molar-refractivity contribution is 7.99. The van der Waals surface area contributed by atoms with Crippen molar-refractivity contribution in [1.82, 2.24) is 15.0 Å². The summed E-state index contributed by atoms with van der Waals surface area (Å²) in [6.45, 7) is 4.04. The number of benzene rings is 1. The maximum atomic E-state index is 12.8. The van der Waals surface area contributed by atoms with E-state index in [1.54, 1.807) is 16.7 Å². The monoisotopic (exact) mass is 442 g/mol. The van der Waals surface area contributed by atoms with Crippen molar-refractivity contribution >= 4 is 40.6 Å². The fourth-order valence-electron chi connectivity index (χ4n) is 3.17. The lowest BCUT2D eigenvalue weighted by molar-refractivity contribution is -0.136. The van der Waals surface area contributed by atoms with E-state index in [0.717, 1.165) is 16.1 Å². The molecule has 1 aromatic carbocycles. The van der Waals surface area contributed by atoms with Gasteiger partial charge in [0.05, 0.1) is 10.8 Å². The smallest absolute Gasteiger partial charge is 0.248 e. The van der Waals surface area contributed by atoms with Crippen molar-refractivity contribution in [2.75, 3.05) is 16.9 Å². The molecule has 7 nitrogen and oxygen atoms in total. The molecule has 3 heterocycles. The number of nitrogens with one attached hydrogen (secondary N) is 1.